The van der Waals surface area contributed by atoms with E-state index in [1.807, 2.05) is 0 Å². The number of rotatable bonds is 6. The van der Waals surface area contributed by atoms with Crippen LogP contribution >= 0.6 is 11.8 Å². The Morgan fingerprint density at radius 2 is 2.32 bits per heavy atom. The van der Waals surface area contributed by atoms with E-state index >= 15 is 0 Å². The molecule has 0 amide bonds. The number of nitrogens with one attached hydrogen (secondary N) is 1. The summed E-state index contributed by atoms with van der Waals surface area (Å²) in [5.41, 5.74) is 0. The molecule has 1 aromatic rings. The second-order valence-electron chi connectivity index (χ2n) is 5.76. The van der Waals surface area contributed by atoms with Crippen LogP contribution in [0.5, 0.6) is 0 Å². The van der Waals surface area contributed by atoms with E-state index in [9.17, 15) is 0 Å². The summed E-state index contributed by atoms with van der Waals surface area (Å²) in [6.45, 7) is 5.40. The maximum atomic E-state index is 4.45. The van der Waals surface area contributed by atoms with Gasteiger partial charge in [0.1, 0.15) is 12.2 Å². The summed E-state index contributed by atoms with van der Waals surface area (Å²) >= 11 is 2.12. The predicted molar refractivity (Wildman–Crippen MR) is 81.5 cm³/mol. The molecule has 108 valence electrons. The van der Waals surface area contributed by atoms with Crippen LogP contribution in [-0.2, 0) is 13.0 Å². The van der Waals surface area contributed by atoms with E-state index in [2.05, 4.69) is 52.7 Å². The first-order valence-corrected chi connectivity index (χ1v) is 8.41. The number of likely N-dealkylation sites (N-methyl/N-ethyl adjacent to an activating group) is 1. The van der Waals surface area contributed by atoms with Crippen molar-refractivity contribution in [3.05, 3.63) is 12.2 Å². The van der Waals surface area contributed by atoms with Gasteiger partial charge in [-0.3, -0.25) is 0 Å². The molecular weight excluding hydrogens is 256 g/mol. The van der Waals surface area contributed by atoms with Gasteiger partial charge in [-0.15, -0.1) is 0 Å². The molecule has 2 heterocycles. The van der Waals surface area contributed by atoms with Crippen molar-refractivity contribution < 1.29 is 0 Å². The summed E-state index contributed by atoms with van der Waals surface area (Å²) in [4.78, 5) is 4.45. The van der Waals surface area contributed by atoms with Crippen molar-refractivity contribution in [3.63, 3.8) is 0 Å². The molecule has 4 nitrogen and oxygen atoms in total. The normalized spacial score (nSPS) is 21.8. The lowest BCUT2D eigenvalue weighted by Crippen LogP contribution is -2.39. The SMILES string of the molecule is CNC(Cc1ncnn1CC(C)C)C1CCCCS1. The molecule has 0 radical (unpaired) electrons. The highest BCUT2D eigenvalue weighted by molar-refractivity contribution is 8.00. The number of nitrogens with zero attached hydrogens (tertiary/aromatic N) is 3. The fourth-order valence-electron chi connectivity index (χ4n) is 2.64. The minimum Gasteiger partial charge on any atom is -0.315 e. The lowest BCUT2D eigenvalue weighted by Gasteiger charge is -2.29. The first kappa shape index (κ1) is 14.9. The summed E-state index contributed by atoms with van der Waals surface area (Å²) in [7, 11) is 2.07. The predicted octanol–water partition coefficient (Wildman–Crippen LogP) is 2.35. The van der Waals surface area contributed by atoms with Crippen LogP contribution in [0.15, 0.2) is 6.33 Å². The van der Waals surface area contributed by atoms with Crippen molar-refractivity contribution >= 4 is 11.8 Å². The van der Waals surface area contributed by atoms with Gasteiger partial charge in [0.15, 0.2) is 0 Å². The maximum absolute atomic E-state index is 4.45. The minimum atomic E-state index is 0.514. The Morgan fingerprint density at radius 1 is 1.47 bits per heavy atom. The molecule has 1 aliphatic heterocycles. The van der Waals surface area contributed by atoms with Crippen molar-refractivity contribution in [2.75, 3.05) is 12.8 Å². The van der Waals surface area contributed by atoms with Crippen LogP contribution in [0.2, 0.25) is 0 Å². The van der Waals surface area contributed by atoms with Gasteiger partial charge in [0.05, 0.1) is 0 Å². The lowest BCUT2D eigenvalue weighted by atomic mass is 10.0. The summed E-state index contributed by atoms with van der Waals surface area (Å²) in [5.74, 6) is 3.04. The van der Waals surface area contributed by atoms with Crippen molar-refractivity contribution in [2.24, 2.45) is 5.92 Å². The summed E-state index contributed by atoms with van der Waals surface area (Å²) < 4.78 is 2.07. The number of thioether (sulfide) groups is 1. The fourth-order valence-corrected chi connectivity index (χ4v) is 4.12. The molecule has 2 unspecified atom stereocenters. The van der Waals surface area contributed by atoms with E-state index in [0.717, 1.165) is 24.0 Å². The van der Waals surface area contributed by atoms with Crippen LogP contribution in [0.1, 0.15) is 38.9 Å². The quantitative estimate of drug-likeness (QED) is 0.870. The van der Waals surface area contributed by atoms with Gasteiger partial charge in [0.25, 0.3) is 0 Å². The lowest BCUT2D eigenvalue weighted by molar-refractivity contribution is 0.436. The van der Waals surface area contributed by atoms with E-state index in [1.54, 1.807) is 6.33 Å². The molecule has 0 spiro atoms. The highest BCUT2D eigenvalue weighted by Gasteiger charge is 2.24. The molecule has 19 heavy (non-hydrogen) atoms. The van der Waals surface area contributed by atoms with E-state index in [0.29, 0.717) is 12.0 Å². The van der Waals surface area contributed by atoms with Gasteiger partial charge in [-0.2, -0.15) is 16.9 Å². The van der Waals surface area contributed by atoms with Gasteiger partial charge in [0.2, 0.25) is 0 Å². The first-order chi connectivity index (χ1) is 9.20. The molecule has 0 aromatic carbocycles. The Balaban J connectivity index is 1.99. The molecule has 0 saturated carbocycles. The zero-order chi connectivity index (χ0) is 13.7. The highest BCUT2D eigenvalue weighted by Crippen LogP contribution is 2.28. The molecule has 2 atom stereocenters. The van der Waals surface area contributed by atoms with Gasteiger partial charge in [-0.05, 0) is 31.6 Å². The van der Waals surface area contributed by atoms with E-state index in [4.69, 9.17) is 0 Å². The molecule has 2 rings (SSSR count). The minimum absolute atomic E-state index is 0.514. The summed E-state index contributed by atoms with van der Waals surface area (Å²) in [6, 6.07) is 0.514. The van der Waals surface area contributed by atoms with E-state index in [1.165, 1.54) is 25.0 Å². The Labute approximate surface area is 120 Å². The molecule has 5 heteroatoms. The second kappa shape index (κ2) is 7.29. The van der Waals surface area contributed by atoms with Gasteiger partial charge in [-0.1, -0.05) is 20.3 Å². The van der Waals surface area contributed by atoms with Crippen LogP contribution in [-0.4, -0.2) is 38.9 Å². The third-order valence-electron chi connectivity index (χ3n) is 3.67. The largest absolute Gasteiger partial charge is 0.315 e. The van der Waals surface area contributed by atoms with Crippen LogP contribution in [0.3, 0.4) is 0 Å². The van der Waals surface area contributed by atoms with Crippen LogP contribution in [0.25, 0.3) is 0 Å². The van der Waals surface area contributed by atoms with Gasteiger partial charge in [0, 0.05) is 24.3 Å². The molecule has 0 bridgehead atoms. The second-order valence-corrected chi connectivity index (χ2v) is 7.10. The number of hydrogen-bond donors (Lipinski definition) is 1. The van der Waals surface area contributed by atoms with Gasteiger partial charge < -0.3 is 5.32 Å². The van der Waals surface area contributed by atoms with Crippen molar-refractivity contribution in [2.45, 2.75) is 57.4 Å². The Kier molecular flexibility index (Phi) is 5.70. The van der Waals surface area contributed by atoms with Crippen LogP contribution < -0.4 is 5.32 Å². The molecule has 1 aliphatic rings. The van der Waals surface area contributed by atoms with E-state index in [-0.39, 0.29) is 0 Å². The summed E-state index contributed by atoms with van der Waals surface area (Å²) in [5, 5.41) is 8.57. The molecule has 0 aliphatic carbocycles. The third kappa shape index (κ3) is 4.21. The topological polar surface area (TPSA) is 42.7 Å². The molecule has 1 fully saturated rings. The van der Waals surface area contributed by atoms with Gasteiger partial charge >= 0.3 is 0 Å². The number of aromatic nitrogens is 3. The average Bonchev–Trinajstić information content (AvgIpc) is 2.83. The zero-order valence-corrected chi connectivity index (χ0v) is 13.1. The van der Waals surface area contributed by atoms with Crippen LogP contribution in [0.4, 0.5) is 0 Å². The van der Waals surface area contributed by atoms with Crippen molar-refractivity contribution in [3.8, 4) is 0 Å². The Bertz CT molecular complexity index is 371. The van der Waals surface area contributed by atoms with Crippen LogP contribution in [0, 0.1) is 5.92 Å². The molecular formula is C14H26N4S. The fraction of sp³-hybridized carbons (Fsp3) is 0.857. The molecule has 1 aromatic heterocycles. The Hall–Kier alpha value is -0.550. The molecule has 1 N–H and O–H groups in total. The zero-order valence-electron chi connectivity index (χ0n) is 12.3. The average molecular weight is 282 g/mol. The smallest absolute Gasteiger partial charge is 0.138 e. The number of hydrogen-bond acceptors (Lipinski definition) is 4. The van der Waals surface area contributed by atoms with Gasteiger partial charge in [-0.25, -0.2) is 9.67 Å². The Morgan fingerprint density at radius 3 is 2.95 bits per heavy atom. The standard InChI is InChI=1S/C14H26N4S/c1-11(2)9-18-14(16-10-17-18)8-12(15-3)13-6-4-5-7-19-13/h10-13,15H,4-9H2,1-3H3. The first-order valence-electron chi connectivity index (χ1n) is 7.36. The highest BCUT2D eigenvalue weighted by atomic mass is 32.2. The summed E-state index contributed by atoms with van der Waals surface area (Å²) in [6.07, 6.45) is 6.75. The van der Waals surface area contributed by atoms with E-state index < -0.39 is 0 Å². The third-order valence-corrected chi connectivity index (χ3v) is 5.19. The van der Waals surface area contributed by atoms with Crippen molar-refractivity contribution in [1.29, 1.82) is 0 Å². The molecule has 1 saturated heterocycles. The monoisotopic (exact) mass is 282 g/mol. The van der Waals surface area contributed by atoms with Crippen molar-refractivity contribution in [1.82, 2.24) is 20.1 Å². The maximum Gasteiger partial charge on any atom is 0.138 e.